The first-order valence-corrected chi connectivity index (χ1v) is 10.4. The Morgan fingerprint density at radius 1 is 1.03 bits per heavy atom. The summed E-state index contributed by atoms with van der Waals surface area (Å²) in [6, 6.07) is 12.0. The molecule has 0 unspecified atom stereocenters. The summed E-state index contributed by atoms with van der Waals surface area (Å²) in [5, 5.41) is 6.74. The third-order valence-corrected chi connectivity index (χ3v) is 4.61. The van der Waals surface area contributed by atoms with Gasteiger partial charge in [-0.25, -0.2) is 5.43 Å². The van der Waals surface area contributed by atoms with Crippen LogP contribution in [-0.2, 0) is 9.59 Å². The maximum atomic E-state index is 12.6. The lowest BCUT2D eigenvalue weighted by Crippen LogP contribution is -2.47. The average molecular weight is 442 g/mol. The van der Waals surface area contributed by atoms with Crippen LogP contribution in [0.5, 0.6) is 17.2 Å². The zero-order chi connectivity index (χ0) is 23.5. The minimum atomic E-state index is -0.731. The molecule has 172 valence electrons. The SMILES string of the molecule is COc1ccc(/C=N\NC(=O)[C@@H](CC(C)C)NC(=O)COc2ccccc2C)cc1OC. The molecule has 0 aromatic heterocycles. The Labute approximate surface area is 188 Å². The van der Waals surface area contributed by atoms with Crippen molar-refractivity contribution in [2.75, 3.05) is 20.8 Å². The zero-order valence-corrected chi connectivity index (χ0v) is 19.2. The standard InChI is InChI=1S/C24H31N3O5/c1-16(2)12-19(26-23(28)15-32-20-9-7-6-8-17(20)3)24(29)27-25-14-18-10-11-21(30-4)22(13-18)31-5/h6-11,13-14,16,19H,12,15H2,1-5H3,(H,26,28)(H,27,29)/b25-14-/t19-/m1/s1. The Hall–Kier alpha value is -3.55. The first-order valence-electron chi connectivity index (χ1n) is 10.4. The van der Waals surface area contributed by atoms with Gasteiger partial charge in [0.05, 0.1) is 20.4 Å². The molecule has 2 rings (SSSR count). The van der Waals surface area contributed by atoms with E-state index in [1.807, 2.05) is 39.0 Å². The monoisotopic (exact) mass is 441 g/mol. The molecule has 0 aliphatic carbocycles. The van der Waals surface area contributed by atoms with Gasteiger partial charge in [0.25, 0.3) is 11.8 Å². The number of hydrazone groups is 1. The van der Waals surface area contributed by atoms with Crippen LogP contribution in [0.15, 0.2) is 47.6 Å². The van der Waals surface area contributed by atoms with E-state index < -0.39 is 11.9 Å². The molecular formula is C24H31N3O5. The molecule has 1 atom stereocenters. The number of hydrogen-bond donors (Lipinski definition) is 2. The molecule has 8 nitrogen and oxygen atoms in total. The van der Waals surface area contributed by atoms with Gasteiger partial charge in [-0.05, 0) is 54.7 Å². The minimum absolute atomic E-state index is 0.179. The minimum Gasteiger partial charge on any atom is -0.493 e. The van der Waals surface area contributed by atoms with Crippen molar-refractivity contribution in [2.45, 2.75) is 33.2 Å². The zero-order valence-electron chi connectivity index (χ0n) is 19.2. The molecule has 0 saturated carbocycles. The Kier molecular flexibility index (Phi) is 9.53. The van der Waals surface area contributed by atoms with E-state index in [1.54, 1.807) is 38.5 Å². The van der Waals surface area contributed by atoms with Crippen LogP contribution < -0.4 is 25.0 Å². The van der Waals surface area contributed by atoms with Gasteiger partial charge in [0.1, 0.15) is 11.8 Å². The van der Waals surface area contributed by atoms with Crippen LogP contribution in [0.4, 0.5) is 0 Å². The molecule has 8 heteroatoms. The summed E-state index contributed by atoms with van der Waals surface area (Å²) < 4.78 is 16.0. The van der Waals surface area contributed by atoms with Gasteiger partial charge in [-0.15, -0.1) is 0 Å². The van der Waals surface area contributed by atoms with Crippen LogP contribution in [0, 0.1) is 12.8 Å². The number of aryl methyl sites for hydroxylation is 1. The molecule has 0 radical (unpaired) electrons. The highest BCUT2D eigenvalue weighted by atomic mass is 16.5. The van der Waals surface area contributed by atoms with Gasteiger partial charge in [-0.2, -0.15) is 5.10 Å². The molecule has 2 N–H and O–H groups in total. The number of carbonyl (C=O) groups excluding carboxylic acids is 2. The maximum Gasteiger partial charge on any atom is 0.262 e. The van der Waals surface area contributed by atoms with Gasteiger partial charge >= 0.3 is 0 Å². The first kappa shape index (κ1) is 24.7. The summed E-state index contributed by atoms with van der Waals surface area (Å²) in [4.78, 5) is 25.0. The summed E-state index contributed by atoms with van der Waals surface area (Å²) in [5.41, 5.74) is 4.15. The van der Waals surface area contributed by atoms with Gasteiger partial charge in [-0.1, -0.05) is 32.0 Å². The third kappa shape index (κ3) is 7.61. The molecule has 2 aromatic rings. The normalized spacial score (nSPS) is 11.8. The van der Waals surface area contributed by atoms with E-state index in [-0.39, 0.29) is 18.4 Å². The number of para-hydroxylation sites is 1. The molecule has 0 bridgehead atoms. The topological polar surface area (TPSA) is 98.2 Å². The highest BCUT2D eigenvalue weighted by Crippen LogP contribution is 2.26. The lowest BCUT2D eigenvalue weighted by atomic mass is 10.0. The Balaban J connectivity index is 1.96. The molecule has 0 saturated heterocycles. The van der Waals surface area contributed by atoms with Gasteiger partial charge in [0.2, 0.25) is 0 Å². The van der Waals surface area contributed by atoms with E-state index in [4.69, 9.17) is 14.2 Å². The quantitative estimate of drug-likeness (QED) is 0.413. The van der Waals surface area contributed by atoms with Gasteiger partial charge in [0, 0.05) is 0 Å². The van der Waals surface area contributed by atoms with Crippen molar-refractivity contribution in [3.05, 3.63) is 53.6 Å². The van der Waals surface area contributed by atoms with E-state index >= 15 is 0 Å². The number of benzene rings is 2. The number of methoxy groups -OCH3 is 2. The molecular weight excluding hydrogens is 410 g/mol. The van der Waals surface area contributed by atoms with Crippen LogP contribution in [0.3, 0.4) is 0 Å². The second-order valence-electron chi connectivity index (χ2n) is 7.65. The second-order valence-corrected chi connectivity index (χ2v) is 7.65. The predicted molar refractivity (Wildman–Crippen MR) is 123 cm³/mol. The van der Waals surface area contributed by atoms with Crippen molar-refractivity contribution in [1.82, 2.24) is 10.7 Å². The van der Waals surface area contributed by atoms with Crippen molar-refractivity contribution >= 4 is 18.0 Å². The highest BCUT2D eigenvalue weighted by Gasteiger charge is 2.22. The van der Waals surface area contributed by atoms with E-state index in [0.29, 0.717) is 23.7 Å². The molecule has 0 spiro atoms. The molecule has 0 fully saturated rings. The lowest BCUT2D eigenvalue weighted by Gasteiger charge is -2.19. The van der Waals surface area contributed by atoms with E-state index in [2.05, 4.69) is 15.8 Å². The van der Waals surface area contributed by atoms with Crippen LogP contribution >= 0.6 is 0 Å². The van der Waals surface area contributed by atoms with E-state index in [0.717, 1.165) is 11.1 Å². The number of nitrogens with zero attached hydrogens (tertiary/aromatic N) is 1. The van der Waals surface area contributed by atoms with Crippen molar-refractivity contribution in [1.29, 1.82) is 0 Å². The summed E-state index contributed by atoms with van der Waals surface area (Å²) in [7, 11) is 3.10. The van der Waals surface area contributed by atoms with Gasteiger partial charge in [0.15, 0.2) is 18.1 Å². The predicted octanol–water partition coefficient (Wildman–Crippen LogP) is 3.07. The average Bonchev–Trinajstić information content (AvgIpc) is 2.77. The summed E-state index contributed by atoms with van der Waals surface area (Å²) >= 11 is 0. The van der Waals surface area contributed by atoms with Crippen LogP contribution in [-0.4, -0.2) is 44.9 Å². The lowest BCUT2D eigenvalue weighted by molar-refractivity contribution is -0.130. The highest BCUT2D eigenvalue weighted by molar-refractivity contribution is 5.89. The van der Waals surface area contributed by atoms with Crippen LogP contribution in [0.1, 0.15) is 31.4 Å². The number of nitrogens with one attached hydrogen (secondary N) is 2. The number of amides is 2. The van der Waals surface area contributed by atoms with Crippen molar-refractivity contribution in [3.8, 4) is 17.2 Å². The maximum absolute atomic E-state index is 12.6. The van der Waals surface area contributed by atoms with Crippen LogP contribution in [0.25, 0.3) is 0 Å². The number of hydrogen-bond acceptors (Lipinski definition) is 6. The van der Waals surface area contributed by atoms with E-state index in [9.17, 15) is 9.59 Å². The largest absolute Gasteiger partial charge is 0.493 e. The number of carbonyl (C=O) groups is 2. The van der Waals surface area contributed by atoms with Crippen molar-refractivity contribution in [2.24, 2.45) is 11.0 Å². The Morgan fingerprint density at radius 3 is 2.41 bits per heavy atom. The fraction of sp³-hybridized carbons (Fsp3) is 0.375. The van der Waals surface area contributed by atoms with Crippen LogP contribution in [0.2, 0.25) is 0 Å². The number of ether oxygens (including phenoxy) is 3. The van der Waals surface area contributed by atoms with Crippen molar-refractivity contribution in [3.63, 3.8) is 0 Å². The molecule has 0 aliphatic heterocycles. The third-order valence-electron chi connectivity index (χ3n) is 4.61. The van der Waals surface area contributed by atoms with Crippen molar-refractivity contribution < 1.29 is 23.8 Å². The van der Waals surface area contributed by atoms with Gasteiger partial charge < -0.3 is 19.5 Å². The Bertz CT molecular complexity index is 943. The molecule has 2 amide bonds. The Morgan fingerprint density at radius 2 is 1.75 bits per heavy atom. The molecule has 2 aromatic carbocycles. The molecule has 0 aliphatic rings. The number of rotatable bonds is 11. The summed E-state index contributed by atoms with van der Waals surface area (Å²) in [6.07, 6.45) is 1.96. The second kappa shape index (κ2) is 12.3. The van der Waals surface area contributed by atoms with Gasteiger partial charge in [-0.3, -0.25) is 9.59 Å². The van der Waals surface area contributed by atoms with E-state index in [1.165, 1.54) is 6.21 Å². The summed E-state index contributed by atoms with van der Waals surface area (Å²) in [5.74, 6) is 1.20. The summed E-state index contributed by atoms with van der Waals surface area (Å²) in [6.45, 7) is 5.67. The smallest absolute Gasteiger partial charge is 0.262 e. The first-order chi connectivity index (χ1) is 15.3. The molecule has 32 heavy (non-hydrogen) atoms. The molecule has 0 heterocycles. The fourth-order valence-corrected chi connectivity index (χ4v) is 2.98. The fourth-order valence-electron chi connectivity index (χ4n) is 2.98.